The van der Waals surface area contributed by atoms with Crippen molar-refractivity contribution >= 4 is 18.0 Å². The van der Waals surface area contributed by atoms with Gasteiger partial charge in [-0.05, 0) is 43.5 Å². The van der Waals surface area contributed by atoms with E-state index in [-0.39, 0.29) is 11.9 Å². The van der Waals surface area contributed by atoms with Crippen LogP contribution in [0.4, 0.5) is 4.79 Å². The summed E-state index contributed by atoms with van der Waals surface area (Å²) in [5.74, 6) is 1.28. The SMILES string of the molecule is CCOc1ccc(/C=C/C(=O)N2CCN(C(=O)NC3CCCCC3)CC2)cc1OC. The van der Waals surface area contributed by atoms with E-state index < -0.39 is 0 Å². The van der Waals surface area contributed by atoms with E-state index in [1.807, 2.05) is 30.0 Å². The summed E-state index contributed by atoms with van der Waals surface area (Å²) < 4.78 is 10.9. The van der Waals surface area contributed by atoms with Crippen LogP contribution in [-0.2, 0) is 4.79 Å². The average Bonchev–Trinajstić information content (AvgIpc) is 2.79. The van der Waals surface area contributed by atoms with Crippen LogP contribution in [0.3, 0.4) is 0 Å². The van der Waals surface area contributed by atoms with Crippen LogP contribution in [0.5, 0.6) is 11.5 Å². The summed E-state index contributed by atoms with van der Waals surface area (Å²) in [5, 5.41) is 3.15. The Bertz CT molecular complexity index is 751. The summed E-state index contributed by atoms with van der Waals surface area (Å²) in [4.78, 5) is 28.6. The van der Waals surface area contributed by atoms with Gasteiger partial charge in [0.05, 0.1) is 13.7 Å². The zero-order chi connectivity index (χ0) is 21.3. The lowest BCUT2D eigenvalue weighted by Gasteiger charge is -2.35. The molecule has 0 aromatic heterocycles. The normalized spacial score (nSPS) is 17.8. The molecular weight excluding hydrogens is 382 g/mol. The Balaban J connectivity index is 1.48. The van der Waals surface area contributed by atoms with Crippen LogP contribution in [0, 0.1) is 0 Å². The summed E-state index contributed by atoms with van der Waals surface area (Å²) in [7, 11) is 1.60. The molecule has 2 fully saturated rings. The van der Waals surface area contributed by atoms with E-state index in [1.54, 1.807) is 24.2 Å². The van der Waals surface area contributed by atoms with Crippen molar-refractivity contribution in [2.45, 2.75) is 45.1 Å². The van der Waals surface area contributed by atoms with Crippen molar-refractivity contribution < 1.29 is 19.1 Å². The number of hydrogen-bond donors (Lipinski definition) is 1. The number of amides is 3. The highest BCUT2D eigenvalue weighted by Crippen LogP contribution is 2.28. The number of benzene rings is 1. The summed E-state index contributed by atoms with van der Waals surface area (Å²) in [5.41, 5.74) is 0.870. The van der Waals surface area contributed by atoms with Crippen molar-refractivity contribution in [2.24, 2.45) is 0 Å². The van der Waals surface area contributed by atoms with E-state index in [2.05, 4.69) is 5.32 Å². The molecule has 1 aromatic rings. The smallest absolute Gasteiger partial charge is 0.317 e. The molecule has 1 saturated heterocycles. The van der Waals surface area contributed by atoms with Crippen LogP contribution in [0.25, 0.3) is 6.08 Å². The first kappa shape index (κ1) is 22.0. The molecule has 3 amide bonds. The third kappa shape index (κ3) is 5.90. The van der Waals surface area contributed by atoms with E-state index in [0.29, 0.717) is 50.3 Å². The summed E-state index contributed by atoms with van der Waals surface area (Å²) in [6.07, 6.45) is 9.16. The Kier molecular flexibility index (Phi) is 7.99. The van der Waals surface area contributed by atoms with Crippen LogP contribution in [0.2, 0.25) is 0 Å². The molecule has 30 heavy (non-hydrogen) atoms. The maximum atomic E-state index is 12.6. The van der Waals surface area contributed by atoms with E-state index in [1.165, 1.54) is 19.3 Å². The summed E-state index contributed by atoms with van der Waals surface area (Å²) >= 11 is 0. The molecule has 164 valence electrons. The molecule has 1 aliphatic carbocycles. The van der Waals surface area contributed by atoms with Gasteiger partial charge in [0.15, 0.2) is 11.5 Å². The third-order valence-corrected chi connectivity index (χ3v) is 5.72. The van der Waals surface area contributed by atoms with Gasteiger partial charge in [-0.1, -0.05) is 25.3 Å². The zero-order valence-corrected chi connectivity index (χ0v) is 18.1. The van der Waals surface area contributed by atoms with Crippen molar-refractivity contribution in [2.75, 3.05) is 39.9 Å². The van der Waals surface area contributed by atoms with Crippen molar-refractivity contribution in [1.82, 2.24) is 15.1 Å². The van der Waals surface area contributed by atoms with E-state index in [4.69, 9.17) is 9.47 Å². The molecule has 0 radical (unpaired) electrons. The molecule has 1 heterocycles. The standard InChI is InChI=1S/C23H33N3O4/c1-3-30-20-11-9-18(17-21(20)29-2)10-12-22(27)25-13-15-26(16-14-25)23(28)24-19-7-5-4-6-8-19/h9-12,17,19H,3-8,13-16H2,1-2H3,(H,24,28)/b12-10+. The maximum absolute atomic E-state index is 12.6. The first-order chi connectivity index (χ1) is 14.6. The lowest BCUT2D eigenvalue weighted by atomic mass is 9.96. The Morgan fingerprint density at radius 3 is 2.43 bits per heavy atom. The number of nitrogens with one attached hydrogen (secondary N) is 1. The molecule has 1 N–H and O–H groups in total. The molecule has 0 spiro atoms. The average molecular weight is 416 g/mol. The fourth-order valence-electron chi connectivity index (χ4n) is 3.98. The molecule has 0 bridgehead atoms. The van der Waals surface area contributed by atoms with Crippen LogP contribution in [0.1, 0.15) is 44.6 Å². The van der Waals surface area contributed by atoms with E-state index in [0.717, 1.165) is 18.4 Å². The highest BCUT2D eigenvalue weighted by atomic mass is 16.5. The van der Waals surface area contributed by atoms with Gasteiger partial charge >= 0.3 is 6.03 Å². The highest BCUT2D eigenvalue weighted by molar-refractivity contribution is 5.92. The van der Waals surface area contributed by atoms with Crippen LogP contribution in [0.15, 0.2) is 24.3 Å². The van der Waals surface area contributed by atoms with Crippen LogP contribution < -0.4 is 14.8 Å². The van der Waals surface area contributed by atoms with Crippen molar-refractivity contribution in [1.29, 1.82) is 0 Å². The molecule has 3 rings (SSSR count). The molecule has 1 aliphatic heterocycles. The largest absolute Gasteiger partial charge is 0.493 e. The molecule has 1 aromatic carbocycles. The van der Waals surface area contributed by atoms with Gasteiger partial charge in [0.25, 0.3) is 0 Å². The second-order valence-corrected chi connectivity index (χ2v) is 7.77. The Morgan fingerprint density at radius 2 is 1.77 bits per heavy atom. The van der Waals surface area contributed by atoms with Gasteiger partial charge in [0, 0.05) is 38.3 Å². The molecule has 0 unspecified atom stereocenters. The van der Waals surface area contributed by atoms with Gasteiger partial charge < -0.3 is 24.6 Å². The molecule has 7 heteroatoms. The highest BCUT2D eigenvalue weighted by Gasteiger charge is 2.25. The molecule has 7 nitrogen and oxygen atoms in total. The number of carbonyl (C=O) groups excluding carboxylic acids is 2. The molecule has 1 saturated carbocycles. The predicted molar refractivity (Wildman–Crippen MR) is 117 cm³/mol. The Hall–Kier alpha value is -2.70. The number of urea groups is 1. The predicted octanol–water partition coefficient (Wildman–Crippen LogP) is 3.29. The van der Waals surface area contributed by atoms with Gasteiger partial charge in [-0.15, -0.1) is 0 Å². The fourth-order valence-corrected chi connectivity index (χ4v) is 3.98. The Labute approximate surface area is 179 Å². The van der Waals surface area contributed by atoms with Gasteiger partial charge in [-0.2, -0.15) is 0 Å². The minimum absolute atomic E-state index is 0.00558. The summed E-state index contributed by atoms with van der Waals surface area (Å²) in [6.45, 7) is 4.71. The van der Waals surface area contributed by atoms with Crippen LogP contribution >= 0.6 is 0 Å². The summed E-state index contributed by atoms with van der Waals surface area (Å²) in [6, 6.07) is 5.90. The second-order valence-electron chi connectivity index (χ2n) is 7.77. The maximum Gasteiger partial charge on any atom is 0.317 e. The number of ether oxygens (including phenoxy) is 2. The van der Waals surface area contributed by atoms with Crippen LogP contribution in [-0.4, -0.2) is 67.7 Å². The van der Waals surface area contributed by atoms with Crippen molar-refractivity contribution in [3.63, 3.8) is 0 Å². The lowest BCUT2D eigenvalue weighted by molar-refractivity contribution is -0.127. The number of hydrogen-bond acceptors (Lipinski definition) is 4. The monoisotopic (exact) mass is 415 g/mol. The van der Waals surface area contributed by atoms with Gasteiger partial charge in [-0.3, -0.25) is 4.79 Å². The lowest BCUT2D eigenvalue weighted by Crippen LogP contribution is -2.54. The molecular formula is C23H33N3O4. The first-order valence-corrected chi connectivity index (χ1v) is 10.9. The second kappa shape index (κ2) is 10.9. The first-order valence-electron chi connectivity index (χ1n) is 10.9. The molecule has 2 aliphatic rings. The van der Waals surface area contributed by atoms with Gasteiger partial charge in [0.1, 0.15) is 0 Å². The van der Waals surface area contributed by atoms with E-state index >= 15 is 0 Å². The number of methoxy groups -OCH3 is 1. The van der Waals surface area contributed by atoms with Crippen molar-refractivity contribution in [3.8, 4) is 11.5 Å². The molecule has 0 atom stereocenters. The zero-order valence-electron chi connectivity index (χ0n) is 18.1. The van der Waals surface area contributed by atoms with E-state index in [9.17, 15) is 9.59 Å². The number of carbonyl (C=O) groups is 2. The minimum atomic E-state index is -0.0461. The van der Waals surface area contributed by atoms with Crippen molar-refractivity contribution in [3.05, 3.63) is 29.8 Å². The number of rotatable bonds is 6. The number of nitrogens with zero attached hydrogens (tertiary/aromatic N) is 2. The Morgan fingerprint density at radius 1 is 1.07 bits per heavy atom. The topological polar surface area (TPSA) is 71.1 Å². The van der Waals surface area contributed by atoms with Gasteiger partial charge in [0.2, 0.25) is 5.91 Å². The van der Waals surface area contributed by atoms with Gasteiger partial charge in [-0.25, -0.2) is 4.79 Å². The number of piperazine rings is 1. The fraction of sp³-hybridized carbons (Fsp3) is 0.565. The minimum Gasteiger partial charge on any atom is -0.493 e. The third-order valence-electron chi connectivity index (χ3n) is 5.72. The quantitative estimate of drug-likeness (QED) is 0.724.